The van der Waals surface area contributed by atoms with Gasteiger partial charge in [0.25, 0.3) is 0 Å². The molecule has 1 N–H and O–H groups in total. The van der Waals surface area contributed by atoms with Crippen molar-refractivity contribution in [2.45, 2.75) is 32.7 Å². The van der Waals surface area contributed by atoms with E-state index < -0.39 is 5.82 Å². The zero-order chi connectivity index (χ0) is 25.1. The minimum absolute atomic E-state index is 0.0626. The monoisotopic (exact) mass is 502 g/mol. The Balaban J connectivity index is 1.60. The van der Waals surface area contributed by atoms with Crippen molar-refractivity contribution in [3.8, 4) is 28.2 Å². The second-order valence-electron chi connectivity index (χ2n) is 8.51. The first-order valence-corrected chi connectivity index (χ1v) is 12.1. The summed E-state index contributed by atoms with van der Waals surface area (Å²) in [4.78, 5) is 13.5. The van der Waals surface area contributed by atoms with Gasteiger partial charge in [0.2, 0.25) is 5.82 Å². The normalized spacial score (nSPS) is 11.2. The van der Waals surface area contributed by atoms with Crippen LogP contribution in [0.4, 0.5) is 4.39 Å². The number of unbranched alkanes of at least 4 members (excludes halogenated alkanes) is 1. The molecule has 0 unspecified atom stereocenters. The van der Waals surface area contributed by atoms with Gasteiger partial charge in [-0.15, -0.1) is 10.2 Å². The molecule has 0 fully saturated rings. The molecule has 0 aliphatic rings. The summed E-state index contributed by atoms with van der Waals surface area (Å²) >= 11 is 6.28. The molecule has 0 aliphatic heterocycles. The molecular formula is C27H24ClFN6O. The summed E-state index contributed by atoms with van der Waals surface area (Å²) in [5.74, 6) is -0.0830. The SMILES string of the molecule is CCCCc1cn(-c2c(F)cccc2Cl)c(=O)n1Cc1ccc(-c2ccccc2)c(-c2nn[nH]n2)c1. The van der Waals surface area contributed by atoms with Crippen LogP contribution in [0.1, 0.15) is 31.0 Å². The summed E-state index contributed by atoms with van der Waals surface area (Å²) in [5, 5.41) is 14.8. The highest BCUT2D eigenvalue weighted by atomic mass is 35.5. The molecule has 0 spiro atoms. The number of tetrazole rings is 1. The number of imidazole rings is 1. The molecule has 2 heterocycles. The maximum Gasteiger partial charge on any atom is 0.333 e. The molecule has 0 saturated heterocycles. The Morgan fingerprint density at radius 1 is 1.03 bits per heavy atom. The van der Waals surface area contributed by atoms with Crippen molar-refractivity contribution in [2.75, 3.05) is 0 Å². The third-order valence-electron chi connectivity index (χ3n) is 6.12. The van der Waals surface area contributed by atoms with E-state index in [9.17, 15) is 9.18 Å². The molecular weight excluding hydrogens is 479 g/mol. The number of nitrogens with zero attached hydrogens (tertiary/aromatic N) is 5. The van der Waals surface area contributed by atoms with E-state index in [0.29, 0.717) is 18.8 Å². The standard InChI is InChI=1S/C27H24ClFN6O/c1-2-3-10-20-17-35(25-23(28)11-7-12-24(25)29)27(36)34(20)16-18-13-14-21(19-8-5-4-6-9-19)22(15-18)26-30-32-33-31-26/h4-9,11-15,17H,2-3,10,16H2,1H3,(H,30,31,32,33). The maximum absolute atomic E-state index is 14.7. The molecule has 3 aromatic carbocycles. The van der Waals surface area contributed by atoms with Gasteiger partial charge in [-0.3, -0.25) is 9.13 Å². The zero-order valence-corrected chi connectivity index (χ0v) is 20.4. The summed E-state index contributed by atoms with van der Waals surface area (Å²) in [7, 11) is 0. The van der Waals surface area contributed by atoms with Crippen molar-refractivity contribution >= 4 is 11.6 Å². The van der Waals surface area contributed by atoms with E-state index in [1.807, 2.05) is 48.5 Å². The van der Waals surface area contributed by atoms with Crippen LogP contribution in [-0.2, 0) is 13.0 Å². The fourth-order valence-corrected chi connectivity index (χ4v) is 4.59. The van der Waals surface area contributed by atoms with Gasteiger partial charge in [0.15, 0.2) is 0 Å². The molecule has 0 saturated carbocycles. The minimum Gasteiger partial charge on any atom is -0.292 e. The molecule has 7 nitrogen and oxygen atoms in total. The highest BCUT2D eigenvalue weighted by molar-refractivity contribution is 6.32. The average Bonchev–Trinajstić information content (AvgIpc) is 3.53. The van der Waals surface area contributed by atoms with Crippen LogP contribution in [0, 0.1) is 5.82 Å². The number of H-pyrrole nitrogens is 1. The van der Waals surface area contributed by atoms with Crippen LogP contribution >= 0.6 is 11.6 Å². The number of para-hydroxylation sites is 1. The number of halogens is 2. The lowest BCUT2D eigenvalue weighted by atomic mass is 9.97. The summed E-state index contributed by atoms with van der Waals surface area (Å²) in [6.45, 7) is 2.39. The first kappa shape index (κ1) is 23.7. The van der Waals surface area contributed by atoms with Crippen LogP contribution in [0.5, 0.6) is 0 Å². The van der Waals surface area contributed by atoms with Crippen LogP contribution < -0.4 is 5.69 Å². The number of aromatic amines is 1. The van der Waals surface area contributed by atoms with Crippen molar-refractivity contribution in [1.82, 2.24) is 29.8 Å². The van der Waals surface area contributed by atoms with E-state index in [2.05, 4.69) is 27.5 Å². The van der Waals surface area contributed by atoms with Gasteiger partial charge in [-0.2, -0.15) is 5.21 Å². The number of benzene rings is 3. The lowest BCUT2D eigenvalue weighted by molar-refractivity contribution is 0.613. The predicted octanol–water partition coefficient (Wildman–Crippen LogP) is 5.67. The van der Waals surface area contributed by atoms with Gasteiger partial charge >= 0.3 is 5.69 Å². The predicted molar refractivity (Wildman–Crippen MR) is 138 cm³/mol. The zero-order valence-electron chi connectivity index (χ0n) is 19.7. The summed E-state index contributed by atoms with van der Waals surface area (Å²) in [6, 6.07) is 20.3. The first-order chi connectivity index (χ1) is 17.6. The topological polar surface area (TPSA) is 81.4 Å². The number of hydrogen-bond acceptors (Lipinski definition) is 4. The van der Waals surface area contributed by atoms with E-state index in [1.54, 1.807) is 16.8 Å². The number of hydrogen-bond donors (Lipinski definition) is 1. The van der Waals surface area contributed by atoms with Gasteiger partial charge in [0, 0.05) is 17.5 Å². The van der Waals surface area contributed by atoms with Gasteiger partial charge in [-0.05, 0) is 52.9 Å². The largest absolute Gasteiger partial charge is 0.333 e. The first-order valence-electron chi connectivity index (χ1n) is 11.7. The van der Waals surface area contributed by atoms with Gasteiger partial charge in [0.05, 0.1) is 11.6 Å². The molecule has 5 aromatic rings. The smallest absolute Gasteiger partial charge is 0.292 e. The Labute approximate surface area is 212 Å². The second-order valence-corrected chi connectivity index (χ2v) is 8.92. The Hall–Kier alpha value is -4.04. The Kier molecular flexibility index (Phi) is 6.77. The van der Waals surface area contributed by atoms with Crippen LogP contribution in [0.25, 0.3) is 28.2 Å². The second kappa shape index (κ2) is 10.3. The fraction of sp³-hybridized carbons (Fsp3) is 0.185. The molecule has 2 aromatic heterocycles. The Morgan fingerprint density at radius 2 is 1.86 bits per heavy atom. The van der Waals surface area contributed by atoms with Crippen molar-refractivity contribution in [3.05, 3.63) is 106 Å². The Bertz CT molecular complexity index is 1520. The van der Waals surface area contributed by atoms with Crippen LogP contribution in [0.15, 0.2) is 77.7 Å². The third kappa shape index (κ3) is 4.59. The number of nitrogens with one attached hydrogen (secondary N) is 1. The van der Waals surface area contributed by atoms with Crippen molar-refractivity contribution in [1.29, 1.82) is 0 Å². The van der Waals surface area contributed by atoms with E-state index in [-0.39, 0.29) is 16.4 Å². The molecule has 0 atom stereocenters. The summed E-state index contributed by atoms with van der Waals surface area (Å²) in [6.07, 6.45) is 4.24. The molecule has 9 heteroatoms. The van der Waals surface area contributed by atoms with E-state index in [1.165, 1.54) is 16.7 Å². The summed E-state index contributed by atoms with van der Waals surface area (Å²) < 4.78 is 17.7. The highest BCUT2D eigenvalue weighted by Gasteiger charge is 2.19. The van der Waals surface area contributed by atoms with Crippen LogP contribution in [-0.4, -0.2) is 29.8 Å². The number of rotatable bonds is 8. The molecule has 0 bridgehead atoms. The van der Waals surface area contributed by atoms with Gasteiger partial charge in [-0.1, -0.05) is 73.5 Å². The molecule has 0 amide bonds. The van der Waals surface area contributed by atoms with E-state index >= 15 is 0 Å². The van der Waals surface area contributed by atoms with E-state index in [0.717, 1.165) is 40.8 Å². The van der Waals surface area contributed by atoms with Crippen molar-refractivity contribution < 1.29 is 4.39 Å². The fourth-order valence-electron chi connectivity index (χ4n) is 4.34. The van der Waals surface area contributed by atoms with Crippen molar-refractivity contribution in [3.63, 3.8) is 0 Å². The molecule has 5 rings (SSSR count). The maximum atomic E-state index is 14.7. The van der Waals surface area contributed by atoms with Crippen LogP contribution in [0.2, 0.25) is 5.02 Å². The Morgan fingerprint density at radius 3 is 2.58 bits per heavy atom. The van der Waals surface area contributed by atoms with Gasteiger partial charge in [0.1, 0.15) is 11.5 Å². The highest BCUT2D eigenvalue weighted by Crippen LogP contribution is 2.31. The number of aryl methyl sites for hydroxylation is 1. The quantitative estimate of drug-likeness (QED) is 0.296. The minimum atomic E-state index is -0.546. The molecule has 182 valence electrons. The van der Waals surface area contributed by atoms with E-state index in [4.69, 9.17) is 11.6 Å². The lowest BCUT2D eigenvalue weighted by Gasteiger charge is -2.12. The molecule has 36 heavy (non-hydrogen) atoms. The third-order valence-corrected chi connectivity index (χ3v) is 6.43. The average molecular weight is 503 g/mol. The molecule has 0 radical (unpaired) electrons. The van der Waals surface area contributed by atoms with Gasteiger partial charge < -0.3 is 0 Å². The van der Waals surface area contributed by atoms with Gasteiger partial charge in [-0.25, -0.2) is 9.18 Å². The summed E-state index contributed by atoms with van der Waals surface area (Å²) in [5.41, 5.74) is 4.18. The molecule has 0 aliphatic carbocycles. The lowest BCUT2D eigenvalue weighted by Crippen LogP contribution is -2.25. The van der Waals surface area contributed by atoms with Crippen LogP contribution in [0.3, 0.4) is 0 Å². The number of aromatic nitrogens is 6. The van der Waals surface area contributed by atoms with Crippen molar-refractivity contribution in [2.24, 2.45) is 0 Å².